The monoisotopic (exact) mass is 307 g/mol. The maximum absolute atomic E-state index is 11.4. The molecule has 3 nitrogen and oxygen atoms in total. The lowest BCUT2D eigenvalue weighted by molar-refractivity contribution is -0.145. The standard InChI is InChI=1S/C19H33NO2/c1-2-3-4-15-5-7-16(8-6-15)17-9-11-18(12-10-17)22-19(21)13-14-20/h13-18H,2-12,20H2,1H3/b14-13+. The molecule has 0 saturated heterocycles. The third kappa shape index (κ3) is 5.33. The van der Waals surface area contributed by atoms with Gasteiger partial charge in [0.1, 0.15) is 6.10 Å². The predicted octanol–water partition coefficient (Wildman–Crippen LogP) is 4.56. The fourth-order valence-corrected chi connectivity index (χ4v) is 4.40. The summed E-state index contributed by atoms with van der Waals surface area (Å²) in [4.78, 5) is 11.4. The molecule has 0 unspecified atom stereocenters. The van der Waals surface area contributed by atoms with Gasteiger partial charge in [-0.25, -0.2) is 4.79 Å². The van der Waals surface area contributed by atoms with E-state index in [1.165, 1.54) is 70.1 Å². The van der Waals surface area contributed by atoms with Crippen LogP contribution in [0.15, 0.2) is 12.3 Å². The summed E-state index contributed by atoms with van der Waals surface area (Å²) in [6.07, 6.45) is 17.1. The van der Waals surface area contributed by atoms with Gasteiger partial charge >= 0.3 is 5.97 Å². The first kappa shape index (κ1) is 17.4. The van der Waals surface area contributed by atoms with E-state index in [-0.39, 0.29) is 12.1 Å². The van der Waals surface area contributed by atoms with Gasteiger partial charge in [-0.2, -0.15) is 0 Å². The van der Waals surface area contributed by atoms with Crippen molar-refractivity contribution >= 4 is 5.97 Å². The molecule has 0 atom stereocenters. The second-order valence-corrected chi connectivity index (χ2v) is 7.26. The summed E-state index contributed by atoms with van der Waals surface area (Å²) < 4.78 is 5.42. The van der Waals surface area contributed by atoms with E-state index in [2.05, 4.69) is 6.92 Å². The number of carbonyl (C=O) groups excluding carboxylic acids is 1. The lowest BCUT2D eigenvalue weighted by Gasteiger charge is -2.37. The number of ether oxygens (including phenoxy) is 1. The Kier molecular flexibility index (Phi) is 7.28. The summed E-state index contributed by atoms with van der Waals surface area (Å²) in [6, 6.07) is 0. The molecule has 22 heavy (non-hydrogen) atoms. The highest BCUT2D eigenvalue weighted by Gasteiger charge is 2.31. The average molecular weight is 307 g/mol. The molecule has 2 fully saturated rings. The van der Waals surface area contributed by atoms with Crippen LogP contribution in [0.2, 0.25) is 0 Å². The van der Waals surface area contributed by atoms with E-state index >= 15 is 0 Å². The van der Waals surface area contributed by atoms with E-state index in [0.29, 0.717) is 0 Å². The molecule has 2 saturated carbocycles. The van der Waals surface area contributed by atoms with Crippen molar-refractivity contribution in [3.05, 3.63) is 12.3 Å². The van der Waals surface area contributed by atoms with E-state index in [1.807, 2.05) is 0 Å². The molecule has 0 bridgehead atoms. The van der Waals surface area contributed by atoms with Crippen LogP contribution in [0.5, 0.6) is 0 Å². The maximum atomic E-state index is 11.4. The maximum Gasteiger partial charge on any atom is 0.332 e. The van der Waals surface area contributed by atoms with Gasteiger partial charge in [0, 0.05) is 12.3 Å². The van der Waals surface area contributed by atoms with E-state index in [1.54, 1.807) is 0 Å². The van der Waals surface area contributed by atoms with Crippen LogP contribution >= 0.6 is 0 Å². The molecule has 0 aromatic carbocycles. The van der Waals surface area contributed by atoms with Crippen molar-refractivity contribution in [2.75, 3.05) is 0 Å². The molecule has 3 heteroatoms. The van der Waals surface area contributed by atoms with Crippen molar-refractivity contribution in [3.8, 4) is 0 Å². The van der Waals surface area contributed by atoms with E-state index in [0.717, 1.165) is 30.6 Å². The number of nitrogens with two attached hydrogens (primary N) is 1. The zero-order valence-electron chi connectivity index (χ0n) is 14.1. The van der Waals surface area contributed by atoms with Crippen molar-refractivity contribution in [2.24, 2.45) is 23.5 Å². The molecular weight excluding hydrogens is 274 g/mol. The minimum absolute atomic E-state index is 0.112. The summed E-state index contributed by atoms with van der Waals surface area (Å²) in [6.45, 7) is 2.29. The Hall–Kier alpha value is -0.990. The van der Waals surface area contributed by atoms with Gasteiger partial charge in [0.05, 0.1) is 0 Å². The van der Waals surface area contributed by atoms with Crippen molar-refractivity contribution in [2.45, 2.75) is 83.7 Å². The second kappa shape index (κ2) is 9.22. The first-order valence-electron chi connectivity index (χ1n) is 9.31. The minimum atomic E-state index is -0.289. The van der Waals surface area contributed by atoms with Crippen LogP contribution in [0, 0.1) is 17.8 Å². The van der Waals surface area contributed by atoms with Crippen LogP contribution in [-0.4, -0.2) is 12.1 Å². The lowest BCUT2D eigenvalue weighted by atomic mass is 9.70. The molecule has 0 aromatic heterocycles. The van der Waals surface area contributed by atoms with Gasteiger partial charge in [0.25, 0.3) is 0 Å². The largest absolute Gasteiger partial charge is 0.459 e. The number of carbonyl (C=O) groups is 1. The van der Waals surface area contributed by atoms with E-state index in [4.69, 9.17) is 10.5 Å². The first-order valence-corrected chi connectivity index (χ1v) is 9.31. The van der Waals surface area contributed by atoms with Crippen molar-refractivity contribution in [1.29, 1.82) is 0 Å². The Morgan fingerprint density at radius 2 is 1.64 bits per heavy atom. The summed E-state index contributed by atoms with van der Waals surface area (Å²) in [7, 11) is 0. The summed E-state index contributed by atoms with van der Waals surface area (Å²) in [5.41, 5.74) is 5.21. The topological polar surface area (TPSA) is 52.3 Å². The normalized spacial score (nSPS) is 33.0. The Morgan fingerprint density at radius 3 is 2.18 bits per heavy atom. The predicted molar refractivity (Wildman–Crippen MR) is 90.1 cm³/mol. The highest BCUT2D eigenvalue weighted by Crippen LogP contribution is 2.41. The van der Waals surface area contributed by atoms with Crippen molar-refractivity contribution in [1.82, 2.24) is 0 Å². The molecule has 0 radical (unpaired) electrons. The minimum Gasteiger partial charge on any atom is -0.459 e. The summed E-state index contributed by atoms with van der Waals surface area (Å²) >= 11 is 0. The van der Waals surface area contributed by atoms with Crippen LogP contribution < -0.4 is 5.73 Å². The van der Waals surface area contributed by atoms with Gasteiger partial charge in [-0.05, 0) is 56.3 Å². The number of unbranched alkanes of at least 4 members (excludes halogenated alkanes) is 1. The molecule has 0 spiro atoms. The highest BCUT2D eigenvalue weighted by atomic mass is 16.5. The molecule has 0 aliphatic heterocycles. The third-order valence-corrected chi connectivity index (χ3v) is 5.76. The molecule has 2 aliphatic rings. The molecule has 0 aromatic rings. The highest BCUT2D eigenvalue weighted by molar-refractivity contribution is 5.81. The number of hydrogen-bond donors (Lipinski definition) is 1. The third-order valence-electron chi connectivity index (χ3n) is 5.76. The molecular formula is C19H33NO2. The number of esters is 1. The summed E-state index contributed by atoms with van der Waals surface area (Å²) in [5, 5.41) is 0. The lowest BCUT2D eigenvalue weighted by Crippen LogP contribution is -2.29. The van der Waals surface area contributed by atoms with Crippen LogP contribution in [0.25, 0.3) is 0 Å². The Bertz CT molecular complexity index is 350. The van der Waals surface area contributed by atoms with Gasteiger partial charge in [-0.1, -0.05) is 39.0 Å². The molecule has 2 N–H and O–H groups in total. The molecule has 2 aliphatic carbocycles. The smallest absolute Gasteiger partial charge is 0.332 e. The van der Waals surface area contributed by atoms with Gasteiger partial charge in [0.15, 0.2) is 0 Å². The number of rotatable bonds is 6. The van der Waals surface area contributed by atoms with Gasteiger partial charge in [-0.3, -0.25) is 0 Å². The van der Waals surface area contributed by atoms with Crippen LogP contribution in [0.4, 0.5) is 0 Å². The van der Waals surface area contributed by atoms with Crippen LogP contribution in [0.1, 0.15) is 77.6 Å². The van der Waals surface area contributed by atoms with E-state index < -0.39 is 0 Å². The van der Waals surface area contributed by atoms with Gasteiger partial charge in [-0.15, -0.1) is 0 Å². The fourth-order valence-electron chi connectivity index (χ4n) is 4.40. The average Bonchev–Trinajstić information content (AvgIpc) is 2.54. The van der Waals surface area contributed by atoms with Gasteiger partial charge < -0.3 is 10.5 Å². The van der Waals surface area contributed by atoms with Crippen LogP contribution in [0.3, 0.4) is 0 Å². The first-order chi connectivity index (χ1) is 10.7. The molecule has 2 rings (SSSR count). The van der Waals surface area contributed by atoms with Crippen molar-refractivity contribution in [3.63, 3.8) is 0 Å². The molecule has 0 amide bonds. The van der Waals surface area contributed by atoms with E-state index in [9.17, 15) is 4.79 Å². The SMILES string of the molecule is CCCCC1CCC(C2CCC(OC(=O)/C=C/N)CC2)CC1. The summed E-state index contributed by atoms with van der Waals surface area (Å²) in [5.74, 6) is 2.50. The Morgan fingerprint density at radius 1 is 1.05 bits per heavy atom. The zero-order valence-corrected chi connectivity index (χ0v) is 14.1. The Balaban J connectivity index is 1.66. The second-order valence-electron chi connectivity index (χ2n) is 7.26. The fraction of sp³-hybridized carbons (Fsp3) is 0.842. The Labute approximate surface area is 135 Å². The quantitative estimate of drug-likeness (QED) is 0.578. The van der Waals surface area contributed by atoms with Crippen molar-refractivity contribution < 1.29 is 9.53 Å². The van der Waals surface area contributed by atoms with Crippen LogP contribution in [-0.2, 0) is 9.53 Å². The molecule has 0 heterocycles. The number of hydrogen-bond acceptors (Lipinski definition) is 3. The molecule has 126 valence electrons. The zero-order chi connectivity index (χ0) is 15.8. The van der Waals surface area contributed by atoms with Gasteiger partial charge in [0.2, 0.25) is 0 Å².